The molecular weight excluding hydrogens is 432 g/mol. The first-order valence-corrected chi connectivity index (χ1v) is 9.69. The number of benzene rings is 1. The number of aliphatic hydroxyl groups is 4. The van der Waals surface area contributed by atoms with Crippen LogP contribution in [0.25, 0.3) is 5.76 Å². The van der Waals surface area contributed by atoms with Crippen molar-refractivity contribution in [3.8, 4) is 5.75 Å². The monoisotopic (exact) mass is 450 g/mol. The molecule has 31 heavy (non-hydrogen) atoms. The molecular formula is C20H19ClN2O8. The fourth-order valence-corrected chi connectivity index (χ4v) is 5.25. The van der Waals surface area contributed by atoms with E-state index in [2.05, 4.69) is 0 Å². The molecule has 0 heterocycles. The fourth-order valence-electron chi connectivity index (χ4n) is 5.04. The van der Waals surface area contributed by atoms with E-state index >= 15 is 0 Å². The van der Waals surface area contributed by atoms with Crippen molar-refractivity contribution >= 4 is 40.5 Å². The predicted molar refractivity (Wildman–Crippen MR) is 107 cm³/mol. The van der Waals surface area contributed by atoms with Crippen LogP contribution in [0.1, 0.15) is 30.4 Å². The van der Waals surface area contributed by atoms with Crippen LogP contribution in [0.2, 0.25) is 5.02 Å². The zero-order valence-electron chi connectivity index (χ0n) is 16.1. The van der Waals surface area contributed by atoms with Gasteiger partial charge in [-0.05, 0) is 17.5 Å². The molecule has 11 heteroatoms. The van der Waals surface area contributed by atoms with Crippen molar-refractivity contribution in [1.29, 1.82) is 0 Å². The Hall–Kier alpha value is -3.08. The molecule has 1 fully saturated rings. The maximum Gasteiger partial charge on any atom is 0.255 e. The summed E-state index contributed by atoms with van der Waals surface area (Å²) in [6.07, 6.45) is -2.23. The molecule has 1 aromatic carbocycles. The van der Waals surface area contributed by atoms with E-state index < -0.39 is 81.8 Å². The Morgan fingerprint density at radius 3 is 2.45 bits per heavy atom. The SMILES string of the molecule is CC1c2cc(Cl)c(N)c(O)c2C(O)=C2C(=O)C3(O)C(O)=C(C(N)=O)C(=O)CC3C(O)C21. The van der Waals surface area contributed by atoms with Gasteiger partial charge in [0.15, 0.2) is 17.1 Å². The van der Waals surface area contributed by atoms with Gasteiger partial charge in [0, 0.05) is 23.8 Å². The van der Waals surface area contributed by atoms with Crippen LogP contribution in [0.4, 0.5) is 5.69 Å². The van der Waals surface area contributed by atoms with Crippen LogP contribution in [0.3, 0.4) is 0 Å². The van der Waals surface area contributed by atoms with Crippen molar-refractivity contribution in [3.05, 3.63) is 39.1 Å². The molecule has 1 aromatic rings. The first-order valence-electron chi connectivity index (χ1n) is 9.31. The number of hydrogen-bond acceptors (Lipinski definition) is 9. The molecule has 10 nitrogen and oxygen atoms in total. The molecule has 5 unspecified atom stereocenters. The highest BCUT2D eigenvalue weighted by Gasteiger charge is 2.64. The van der Waals surface area contributed by atoms with Gasteiger partial charge in [0.2, 0.25) is 5.78 Å². The van der Waals surface area contributed by atoms with Gasteiger partial charge in [0.05, 0.1) is 22.4 Å². The Bertz CT molecular complexity index is 1160. The van der Waals surface area contributed by atoms with E-state index in [1.165, 1.54) is 6.07 Å². The van der Waals surface area contributed by atoms with Gasteiger partial charge >= 0.3 is 0 Å². The Morgan fingerprint density at radius 2 is 1.87 bits per heavy atom. The van der Waals surface area contributed by atoms with Crippen LogP contribution in [-0.2, 0) is 14.4 Å². The molecule has 4 rings (SSSR count). The number of aromatic hydroxyl groups is 1. The number of primary amides is 1. The standard InChI is InChI=1S/C20H19ClN2O8/c1-4-5-2-7(21)13(22)16(27)10(5)15(26)12-9(4)14(25)6-3-8(24)11(19(23)30)17(28)20(6,31)18(12)29/h2,4,6,9,14,25-28,31H,3,22H2,1H3,(H2,23,30). The van der Waals surface area contributed by atoms with E-state index in [9.17, 15) is 39.9 Å². The number of halogens is 1. The van der Waals surface area contributed by atoms with Crippen LogP contribution in [0.5, 0.6) is 5.75 Å². The summed E-state index contributed by atoms with van der Waals surface area (Å²) in [7, 11) is 0. The lowest BCUT2D eigenvalue weighted by atomic mass is 9.55. The summed E-state index contributed by atoms with van der Waals surface area (Å²) < 4.78 is 0. The van der Waals surface area contributed by atoms with Gasteiger partial charge < -0.3 is 37.0 Å². The smallest absolute Gasteiger partial charge is 0.255 e. The summed E-state index contributed by atoms with van der Waals surface area (Å²) in [5.74, 6) is -9.46. The number of carbonyl (C=O) groups excluding carboxylic acids is 3. The molecule has 3 aliphatic carbocycles. The van der Waals surface area contributed by atoms with E-state index in [4.69, 9.17) is 23.1 Å². The molecule has 0 bridgehead atoms. The maximum atomic E-state index is 13.4. The van der Waals surface area contributed by atoms with Crippen molar-refractivity contribution < 1.29 is 39.9 Å². The van der Waals surface area contributed by atoms with E-state index in [1.54, 1.807) is 6.92 Å². The average molecular weight is 451 g/mol. The van der Waals surface area contributed by atoms with Crippen LogP contribution in [0, 0.1) is 11.8 Å². The molecule has 5 atom stereocenters. The molecule has 1 saturated carbocycles. The van der Waals surface area contributed by atoms with Gasteiger partial charge in [-0.3, -0.25) is 14.4 Å². The minimum atomic E-state index is -2.87. The molecule has 0 spiro atoms. The molecule has 0 aliphatic heterocycles. The van der Waals surface area contributed by atoms with Crippen molar-refractivity contribution in [2.75, 3.05) is 5.73 Å². The molecule has 0 saturated heterocycles. The quantitative estimate of drug-likeness (QED) is 0.177. The Morgan fingerprint density at radius 1 is 1.26 bits per heavy atom. The number of Topliss-reactive ketones (excluding diaryl/α,β-unsaturated/α-hetero) is 2. The van der Waals surface area contributed by atoms with E-state index in [0.29, 0.717) is 5.56 Å². The topological polar surface area (TPSA) is 204 Å². The van der Waals surface area contributed by atoms with Crippen LogP contribution in [-0.4, -0.2) is 54.7 Å². The second-order valence-electron chi connectivity index (χ2n) is 8.07. The van der Waals surface area contributed by atoms with Crippen molar-refractivity contribution in [1.82, 2.24) is 0 Å². The van der Waals surface area contributed by atoms with Crippen molar-refractivity contribution in [2.45, 2.75) is 31.0 Å². The molecule has 9 N–H and O–H groups in total. The Kier molecular flexibility index (Phi) is 4.41. The number of carbonyl (C=O) groups is 3. The number of nitrogen functional groups attached to an aromatic ring is 1. The van der Waals surface area contributed by atoms with Crippen molar-refractivity contribution in [2.24, 2.45) is 17.6 Å². The van der Waals surface area contributed by atoms with Crippen LogP contribution in [0.15, 0.2) is 23.0 Å². The number of phenols is 1. The van der Waals surface area contributed by atoms with Gasteiger partial charge in [-0.1, -0.05) is 18.5 Å². The zero-order valence-corrected chi connectivity index (χ0v) is 16.8. The minimum absolute atomic E-state index is 0.00740. The highest BCUT2D eigenvalue weighted by atomic mass is 35.5. The lowest BCUT2D eigenvalue weighted by Gasteiger charge is -2.50. The highest BCUT2D eigenvalue weighted by Crippen LogP contribution is 2.56. The number of anilines is 1. The lowest BCUT2D eigenvalue weighted by molar-refractivity contribution is -0.160. The van der Waals surface area contributed by atoms with Crippen molar-refractivity contribution in [3.63, 3.8) is 0 Å². The van der Waals surface area contributed by atoms with Crippen LogP contribution >= 0.6 is 11.6 Å². The lowest BCUT2D eigenvalue weighted by Crippen LogP contribution is -2.63. The molecule has 3 aliphatic rings. The Labute approximate surface area is 180 Å². The zero-order chi connectivity index (χ0) is 23.2. The molecule has 164 valence electrons. The molecule has 1 amide bonds. The van der Waals surface area contributed by atoms with Gasteiger partial charge in [-0.15, -0.1) is 0 Å². The number of fused-ring (bicyclic) bond motifs is 3. The number of ketones is 2. The van der Waals surface area contributed by atoms with Crippen LogP contribution < -0.4 is 11.5 Å². The summed E-state index contributed by atoms with van der Waals surface area (Å²) in [5, 5.41) is 54.1. The fraction of sp³-hybridized carbons (Fsp3) is 0.350. The number of phenolic OH excluding ortho intramolecular Hbond substituents is 1. The second kappa shape index (κ2) is 6.46. The van der Waals surface area contributed by atoms with Gasteiger partial charge in [-0.2, -0.15) is 0 Å². The Balaban J connectivity index is 2.04. The summed E-state index contributed by atoms with van der Waals surface area (Å²) in [6, 6.07) is 1.39. The maximum absolute atomic E-state index is 13.4. The normalized spacial score (nSPS) is 32.5. The number of amides is 1. The number of rotatable bonds is 1. The summed E-state index contributed by atoms with van der Waals surface area (Å²) in [6.45, 7) is 1.60. The predicted octanol–water partition coefficient (Wildman–Crippen LogP) is 0.191. The van der Waals surface area contributed by atoms with E-state index in [-0.39, 0.29) is 16.3 Å². The second-order valence-corrected chi connectivity index (χ2v) is 8.48. The molecule has 0 aromatic heterocycles. The van der Waals surface area contributed by atoms with Gasteiger partial charge in [0.1, 0.15) is 17.1 Å². The third kappa shape index (κ3) is 2.43. The third-order valence-corrected chi connectivity index (χ3v) is 6.92. The number of hydrogen-bond donors (Lipinski definition) is 7. The van der Waals surface area contributed by atoms with Gasteiger partial charge in [-0.25, -0.2) is 0 Å². The average Bonchev–Trinajstić information content (AvgIpc) is 2.69. The third-order valence-electron chi connectivity index (χ3n) is 6.61. The van der Waals surface area contributed by atoms with Gasteiger partial charge in [0.25, 0.3) is 5.91 Å². The number of aliphatic hydroxyl groups excluding tert-OH is 3. The minimum Gasteiger partial charge on any atom is -0.508 e. The van der Waals surface area contributed by atoms with E-state index in [1.807, 2.05) is 0 Å². The summed E-state index contributed by atoms with van der Waals surface area (Å²) >= 11 is 6.04. The van der Waals surface area contributed by atoms with E-state index in [0.717, 1.165) is 0 Å². The summed E-state index contributed by atoms with van der Waals surface area (Å²) in [5.41, 5.74) is 6.40. The summed E-state index contributed by atoms with van der Waals surface area (Å²) in [4.78, 5) is 37.4. The number of nitrogens with two attached hydrogens (primary N) is 2. The first-order chi connectivity index (χ1) is 14.3. The first kappa shape index (κ1) is 21.2. The molecule has 0 radical (unpaired) electrons. The largest absolute Gasteiger partial charge is 0.508 e. The highest BCUT2D eigenvalue weighted by molar-refractivity contribution is 6.33.